The van der Waals surface area contributed by atoms with E-state index in [4.69, 9.17) is 5.73 Å². The smallest absolute Gasteiger partial charge is 0.257 e. The summed E-state index contributed by atoms with van der Waals surface area (Å²) >= 11 is 6.81. The second-order valence-electron chi connectivity index (χ2n) is 4.75. The van der Waals surface area contributed by atoms with Gasteiger partial charge in [-0.1, -0.05) is 15.9 Å². The van der Waals surface area contributed by atoms with Crippen LogP contribution in [0.25, 0.3) is 0 Å². The number of amides is 1. The summed E-state index contributed by atoms with van der Waals surface area (Å²) in [7, 11) is 3.77. The Morgan fingerprint density at radius 3 is 2.52 bits per heavy atom. The molecule has 0 heterocycles. The topological polar surface area (TPSA) is 58.4 Å². The van der Waals surface area contributed by atoms with Gasteiger partial charge in [-0.05, 0) is 52.3 Å². The Morgan fingerprint density at radius 1 is 1.14 bits per heavy atom. The lowest BCUT2D eigenvalue weighted by Crippen LogP contribution is -2.19. The molecule has 0 fully saturated rings. The number of carbonyl (C=O) groups excluding carboxylic acids is 1. The highest BCUT2D eigenvalue weighted by molar-refractivity contribution is 9.11. The molecule has 1 amide bonds. The van der Waals surface area contributed by atoms with Crippen molar-refractivity contribution in [3.8, 4) is 0 Å². The molecule has 3 N–H and O–H groups in total. The molecule has 0 unspecified atom stereocenters. The summed E-state index contributed by atoms with van der Waals surface area (Å²) < 4.78 is 1.70. The fourth-order valence-electron chi connectivity index (χ4n) is 1.91. The van der Waals surface area contributed by atoms with Crippen molar-refractivity contribution in [2.75, 3.05) is 30.0 Å². The highest BCUT2D eigenvalue weighted by Gasteiger charge is 2.15. The Balaban J connectivity index is 2.36. The van der Waals surface area contributed by atoms with Crippen molar-refractivity contribution in [3.63, 3.8) is 0 Å². The number of nitrogens with two attached hydrogens (primary N) is 1. The second-order valence-corrected chi connectivity index (χ2v) is 6.52. The predicted octanol–water partition coefficient (Wildman–Crippen LogP) is 4.11. The van der Waals surface area contributed by atoms with Gasteiger partial charge in [0.1, 0.15) is 0 Å². The van der Waals surface area contributed by atoms with E-state index in [1.54, 1.807) is 12.1 Å². The number of nitrogen functional groups attached to an aromatic ring is 1. The zero-order valence-corrected chi connectivity index (χ0v) is 14.8. The van der Waals surface area contributed by atoms with E-state index in [0.29, 0.717) is 16.9 Å². The Morgan fingerprint density at radius 2 is 1.86 bits per heavy atom. The molecule has 0 aromatic heterocycles. The molecule has 21 heavy (non-hydrogen) atoms. The molecule has 6 heteroatoms. The highest BCUT2D eigenvalue weighted by atomic mass is 79.9. The molecule has 0 saturated heterocycles. The maximum Gasteiger partial charge on any atom is 0.257 e. The number of benzene rings is 2. The van der Waals surface area contributed by atoms with E-state index in [-0.39, 0.29) is 5.91 Å². The van der Waals surface area contributed by atoms with Crippen LogP contribution in [-0.2, 0) is 0 Å². The van der Waals surface area contributed by atoms with Crippen LogP contribution in [-0.4, -0.2) is 20.0 Å². The lowest BCUT2D eigenvalue weighted by Gasteiger charge is -2.18. The molecule has 4 nitrogen and oxygen atoms in total. The molecule has 0 aliphatic heterocycles. The van der Waals surface area contributed by atoms with E-state index < -0.39 is 0 Å². The van der Waals surface area contributed by atoms with E-state index in [0.717, 1.165) is 14.6 Å². The van der Waals surface area contributed by atoms with Gasteiger partial charge in [0, 0.05) is 34.4 Å². The molecule has 2 aromatic carbocycles. The Labute approximate surface area is 140 Å². The average molecular weight is 413 g/mol. The van der Waals surface area contributed by atoms with Crippen LogP contribution < -0.4 is 16.0 Å². The number of halogens is 2. The lowest BCUT2D eigenvalue weighted by atomic mass is 10.1. The molecular formula is C15H15Br2N3O. The van der Waals surface area contributed by atoms with Crippen molar-refractivity contribution in [2.24, 2.45) is 0 Å². The van der Waals surface area contributed by atoms with Crippen molar-refractivity contribution >= 4 is 54.8 Å². The molecule has 0 spiro atoms. The maximum atomic E-state index is 12.5. The second kappa shape index (κ2) is 6.49. The zero-order valence-electron chi connectivity index (χ0n) is 11.7. The normalized spacial score (nSPS) is 10.3. The molecule has 2 rings (SSSR count). The summed E-state index contributed by atoms with van der Waals surface area (Å²) in [5, 5.41) is 2.89. The number of anilines is 3. The van der Waals surface area contributed by atoms with Crippen LogP contribution in [0.1, 0.15) is 10.4 Å². The van der Waals surface area contributed by atoms with Gasteiger partial charge in [0.2, 0.25) is 0 Å². The fourth-order valence-corrected chi connectivity index (χ4v) is 2.62. The fraction of sp³-hybridized carbons (Fsp3) is 0.133. The third kappa shape index (κ3) is 3.77. The van der Waals surface area contributed by atoms with Crippen molar-refractivity contribution in [1.29, 1.82) is 0 Å². The van der Waals surface area contributed by atoms with Crippen molar-refractivity contribution in [3.05, 3.63) is 50.9 Å². The molecule has 0 aliphatic carbocycles. The SMILES string of the molecule is CN(C)c1ccc(N)cc1C(=O)Nc1cc(Br)ccc1Br. The van der Waals surface area contributed by atoms with Crippen molar-refractivity contribution < 1.29 is 4.79 Å². The van der Waals surface area contributed by atoms with Crippen LogP contribution in [0.4, 0.5) is 17.1 Å². The highest BCUT2D eigenvalue weighted by Crippen LogP contribution is 2.28. The summed E-state index contributed by atoms with van der Waals surface area (Å²) in [5.41, 5.74) is 8.40. The number of nitrogens with one attached hydrogen (secondary N) is 1. The number of nitrogens with zero attached hydrogens (tertiary/aromatic N) is 1. The van der Waals surface area contributed by atoms with Crippen molar-refractivity contribution in [1.82, 2.24) is 0 Å². The van der Waals surface area contributed by atoms with E-state index in [1.807, 2.05) is 43.3 Å². The van der Waals surface area contributed by atoms with Crippen LogP contribution in [0.5, 0.6) is 0 Å². The van der Waals surface area contributed by atoms with Gasteiger partial charge in [0.15, 0.2) is 0 Å². The summed E-state index contributed by atoms with van der Waals surface area (Å²) in [6.45, 7) is 0. The Kier molecular flexibility index (Phi) is 4.90. The summed E-state index contributed by atoms with van der Waals surface area (Å²) in [4.78, 5) is 14.4. The van der Waals surface area contributed by atoms with Crippen LogP contribution in [0.2, 0.25) is 0 Å². The molecule has 110 valence electrons. The van der Waals surface area contributed by atoms with Gasteiger partial charge in [-0.3, -0.25) is 4.79 Å². The monoisotopic (exact) mass is 411 g/mol. The third-order valence-electron chi connectivity index (χ3n) is 2.92. The lowest BCUT2D eigenvalue weighted by molar-refractivity contribution is 0.102. The molecule has 0 radical (unpaired) electrons. The van der Waals surface area contributed by atoms with E-state index in [9.17, 15) is 4.79 Å². The summed E-state index contributed by atoms with van der Waals surface area (Å²) in [6, 6.07) is 10.9. The van der Waals surface area contributed by atoms with E-state index in [2.05, 4.69) is 37.2 Å². The minimum Gasteiger partial charge on any atom is -0.399 e. The largest absolute Gasteiger partial charge is 0.399 e. The van der Waals surface area contributed by atoms with Gasteiger partial charge in [0.25, 0.3) is 5.91 Å². The van der Waals surface area contributed by atoms with Crippen molar-refractivity contribution in [2.45, 2.75) is 0 Å². The standard InChI is InChI=1S/C15H15Br2N3O/c1-20(2)14-6-4-10(18)8-11(14)15(21)19-13-7-9(16)3-5-12(13)17/h3-8H,18H2,1-2H3,(H,19,21). The summed E-state index contributed by atoms with van der Waals surface area (Å²) in [6.07, 6.45) is 0. The first-order valence-corrected chi connectivity index (χ1v) is 7.80. The van der Waals surface area contributed by atoms with Gasteiger partial charge in [-0.25, -0.2) is 0 Å². The minimum atomic E-state index is -0.204. The van der Waals surface area contributed by atoms with Crippen LogP contribution in [0.15, 0.2) is 45.3 Å². The minimum absolute atomic E-state index is 0.204. The number of carbonyl (C=O) groups is 1. The van der Waals surface area contributed by atoms with Gasteiger partial charge in [-0.2, -0.15) is 0 Å². The molecule has 0 aliphatic rings. The molecule has 2 aromatic rings. The quantitative estimate of drug-likeness (QED) is 0.745. The Bertz CT molecular complexity index is 687. The van der Waals surface area contributed by atoms with Gasteiger partial charge in [0.05, 0.1) is 11.3 Å². The third-order valence-corrected chi connectivity index (χ3v) is 4.11. The zero-order chi connectivity index (χ0) is 15.6. The number of hydrogen-bond donors (Lipinski definition) is 2. The van der Waals surface area contributed by atoms with Crippen LogP contribution in [0, 0.1) is 0 Å². The first-order valence-electron chi connectivity index (χ1n) is 6.21. The molecule has 0 bridgehead atoms. The average Bonchev–Trinajstić information content (AvgIpc) is 2.42. The molecular weight excluding hydrogens is 398 g/mol. The first kappa shape index (κ1) is 15.9. The van der Waals surface area contributed by atoms with Crippen LogP contribution in [0.3, 0.4) is 0 Å². The van der Waals surface area contributed by atoms with Gasteiger partial charge < -0.3 is 16.0 Å². The first-order chi connectivity index (χ1) is 9.88. The van der Waals surface area contributed by atoms with E-state index in [1.165, 1.54) is 0 Å². The van der Waals surface area contributed by atoms with Gasteiger partial charge in [-0.15, -0.1) is 0 Å². The number of rotatable bonds is 3. The molecule has 0 atom stereocenters. The molecule has 0 saturated carbocycles. The van der Waals surface area contributed by atoms with Crippen LogP contribution >= 0.6 is 31.9 Å². The predicted molar refractivity (Wildman–Crippen MR) is 95.0 cm³/mol. The maximum absolute atomic E-state index is 12.5. The number of hydrogen-bond acceptors (Lipinski definition) is 3. The van der Waals surface area contributed by atoms with E-state index >= 15 is 0 Å². The van der Waals surface area contributed by atoms with Gasteiger partial charge >= 0.3 is 0 Å². The Hall–Kier alpha value is -1.53. The summed E-state index contributed by atoms with van der Waals surface area (Å²) in [5.74, 6) is -0.204.